The normalized spacial score (nSPS) is 10.1. The number of aromatic nitrogens is 2. The molecule has 0 aromatic carbocycles. The molecule has 0 bridgehead atoms. The predicted molar refractivity (Wildman–Crippen MR) is 58.7 cm³/mol. The fourth-order valence-corrected chi connectivity index (χ4v) is 1.71. The molecule has 1 N–H and O–H groups in total. The quantitative estimate of drug-likeness (QED) is 0.817. The van der Waals surface area contributed by atoms with Gasteiger partial charge in [-0.05, 0) is 12.1 Å². The molecule has 2 aromatic heterocycles. The largest absolute Gasteiger partial charge is 0.365 e. The third kappa shape index (κ3) is 2.43. The highest BCUT2D eigenvalue weighted by Crippen LogP contribution is 2.12. The maximum absolute atomic E-state index is 5.74. The molecule has 2 heterocycles. The van der Waals surface area contributed by atoms with Crippen molar-refractivity contribution in [1.29, 1.82) is 0 Å². The van der Waals surface area contributed by atoms with Crippen molar-refractivity contribution in [3.8, 4) is 0 Å². The minimum Gasteiger partial charge on any atom is -0.365 e. The molecular weight excluding hydrogens is 218 g/mol. The van der Waals surface area contributed by atoms with Crippen molar-refractivity contribution >= 4 is 28.8 Å². The lowest BCUT2D eigenvalue weighted by atomic mass is 10.4. The van der Waals surface area contributed by atoms with Crippen LogP contribution in [0.15, 0.2) is 29.9 Å². The highest BCUT2D eigenvalue weighted by molar-refractivity contribution is 7.09. The molecule has 0 radical (unpaired) electrons. The first-order valence-electron chi connectivity index (χ1n) is 4.08. The Balaban J connectivity index is 1.98. The minimum atomic E-state index is 0.499. The number of nitrogens with zero attached hydrogens (tertiary/aromatic N) is 2. The summed E-state index contributed by atoms with van der Waals surface area (Å²) < 4.78 is 0. The van der Waals surface area contributed by atoms with Gasteiger partial charge in [0.15, 0.2) is 0 Å². The Bertz CT molecular complexity index is 402. The van der Waals surface area contributed by atoms with E-state index in [0.717, 1.165) is 12.4 Å². The smallest absolute Gasteiger partial charge is 0.131 e. The van der Waals surface area contributed by atoms with Gasteiger partial charge in [-0.1, -0.05) is 17.7 Å². The van der Waals surface area contributed by atoms with E-state index in [-0.39, 0.29) is 0 Å². The molecule has 2 aromatic rings. The number of pyridine rings is 1. The second kappa shape index (κ2) is 4.39. The number of hydrogen-bond acceptors (Lipinski definition) is 4. The zero-order valence-electron chi connectivity index (χ0n) is 7.27. The molecular formula is C9H8ClN3S. The second-order valence-electron chi connectivity index (χ2n) is 2.67. The van der Waals surface area contributed by atoms with Crippen molar-refractivity contribution in [2.75, 3.05) is 5.32 Å². The summed E-state index contributed by atoms with van der Waals surface area (Å²) in [4.78, 5) is 9.27. The van der Waals surface area contributed by atoms with Crippen LogP contribution < -0.4 is 5.32 Å². The van der Waals surface area contributed by atoms with Crippen LogP contribution in [0.3, 0.4) is 0 Å². The Kier molecular flexibility index (Phi) is 2.96. The molecule has 0 saturated heterocycles. The molecule has 5 heteroatoms. The van der Waals surface area contributed by atoms with E-state index in [1.54, 1.807) is 17.4 Å². The monoisotopic (exact) mass is 225 g/mol. The van der Waals surface area contributed by atoms with Crippen LogP contribution in [0.4, 0.5) is 5.82 Å². The van der Waals surface area contributed by atoms with E-state index in [1.807, 2.05) is 23.8 Å². The van der Waals surface area contributed by atoms with Gasteiger partial charge in [0.1, 0.15) is 11.0 Å². The molecule has 3 nitrogen and oxygen atoms in total. The molecule has 0 saturated carbocycles. The second-order valence-corrected chi connectivity index (χ2v) is 4.02. The van der Waals surface area contributed by atoms with E-state index >= 15 is 0 Å². The number of hydrogen-bond donors (Lipinski definition) is 1. The van der Waals surface area contributed by atoms with Crippen molar-refractivity contribution in [2.24, 2.45) is 0 Å². The summed E-state index contributed by atoms with van der Waals surface area (Å²) in [6.07, 6.45) is 1.84. The molecule has 0 amide bonds. The van der Waals surface area contributed by atoms with E-state index in [2.05, 4.69) is 15.3 Å². The number of thiazole rings is 1. The van der Waals surface area contributed by atoms with E-state index in [0.29, 0.717) is 5.15 Å². The number of anilines is 1. The molecule has 2 rings (SSSR count). The molecule has 0 spiro atoms. The van der Waals surface area contributed by atoms with Crippen molar-refractivity contribution < 1.29 is 0 Å². The maximum atomic E-state index is 5.74. The van der Waals surface area contributed by atoms with Crippen LogP contribution >= 0.6 is 22.9 Å². The summed E-state index contributed by atoms with van der Waals surface area (Å²) in [6, 6.07) is 5.50. The van der Waals surface area contributed by atoms with Crippen molar-refractivity contribution in [2.45, 2.75) is 6.54 Å². The molecule has 72 valence electrons. The molecule has 14 heavy (non-hydrogen) atoms. The summed E-state index contributed by atoms with van der Waals surface area (Å²) in [6.45, 7) is 0.734. The number of nitrogens with one attached hydrogen (secondary N) is 1. The van der Waals surface area contributed by atoms with Gasteiger partial charge in [0.2, 0.25) is 0 Å². The summed E-state index contributed by atoms with van der Waals surface area (Å²) in [5.74, 6) is 0.783. The van der Waals surface area contributed by atoms with Gasteiger partial charge in [0.05, 0.1) is 12.1 Å². The van der Waals surface area contributed by atoms with Crippen molar-refractivity contribution in [3.05, 3.63) is 39.9 Å². The zero-order valence-corrected chi connectivity index (χ0v) is 8.85. The highest BCUT2D eigenvalue weighted by atomic mass is 35.5. The van der Waals surface area contributed by atoms with Crippen LogP contribution in [0.2, 0.25) is 5.15 Å². The topological polar surface area (TPSA) is 37.8 Å². The van der Waals surface area contributed by atoms with Crippen molar-refractivity contribution in [1.82, 2.24) is 9.97 Å². The zero-order chi connectivity index (χ0) is 9.80. The fourth-order valence-electron chi connectivity index (χ4n) is 1.01. The summed E-state index contributed by atoms with van der Waals surface area (Å²) in [5.41, 5.74) is 1.81. The summed E-state index contributed by atoms with van der Waals surface area (Å²) in [7, 11) is 0. The molecule has 0 aliphatic rings. The Morgan fingerprint density at radius 3 is 3.07 bits per heavy atom. The lowest BCUT2D eigenvalue weighted by molar-refractivity contribution is 1.13. The average molecular weight is 226 g/mol. The number of rotatable bonds is 3. The maximum Gasteiger partial charge on any atom is 0.131 e. The minimum absolute atomic E-state index is 0.499. The van der Waals surface area contributed by atoms with Crippen LogP contribution in [-0.4, -0.2) is 9.97 Å². The van der Waals surface area contributed by atoms with E-state index in [4.69, 9.17) is 11.6 Å². The first kappa shape index (κ1) is 9.43. The summed E-state index contributed by atoms with van der Waals surface area (Å²) >= 11 is 7.36. The standard InChI is InChI=1S/C9H8ClN3S/c10-8-2-1-3-9(13-8)12-5-7-4-11-6-14-7/h1-4,6H,5H2,(H,12,13). The van der Waals surface area contributed by atoms with Crippen LogP contribution in [-0.2, 0) is 6.54 Å². The van der Waals surface area contributed by atoms with Gasteiger partial charge in [-0.3, -0.25) is 4.98 Å². The number of halogens is 1. The van der Waals surface area contributed by atoms with E-state index in [9.17, 15) is 0 Å². The van der Waals surface area contributed by atoms with Gasteiger partial charge in [-0.15, -0.1) is 11.3 Å². The van der Waals surface area contributed by atoms with Gasteiger partial charge in [-0.2, -0.15) is 0 Å². The van der Waals surface area contributed by atoms with Crippen LogP contribution in [0.1, 0.15) is 4.88 Å². The van der Waals surface area contributed by atoms with Crippen LogP contribution in [0, 0.1) is 0 Å². The van der Waals surface area contributed by atoms with Crippen molar-refractivity contribution in [3.63, 3.8) is 0 Å². The molecule has 0 fully saturated rings. The molecule has 0 aliphatic heterocycles. The average Bonchev–Trinajstić information content (AvgIpc) is 2.67. The Labute approximate surface area is 90.8 Å². The molecule has 0 unspecified atom stereocenters. The lowest BCUT2D eigenvalue weighted by Crippen LogP contribution is -1.99. The van der Waals surface area contributed by atoms with E-state index < -0.39 is 0 Å². The Hall–Kier alpha value is -1.13. The molecule has 0 atom stereocenters. The third-order valence-electron chi connectivity index (χ3n) is 1.64. The van der Waals surface area contributed by atoms with Crippen LogP contribution in [0.5, 0.6) is 0 Å². The van der Waals surface area contributed by atoms with Gasteiger partial charge < -0.3 is 5.32 Å². The van der Waals surface area contributed by atoms with Gasteiger partial charge in [-0.25, -0.2) is 4.98 Å². The van der Waals surface area contributed by atoms with Gasteiger partial charge >= 0.3 is 0 Å². The lowest BCUT2D eigenvalue weighted by Gasteiger charge is -2.02. The Morgan fingerprint density at radius 2 is 2.36 bits per heavy atom. The molecule has 0 aliphatic carbocycles. The van der Waals surface area contributed by atoms with Gasteiger partial charge in [0, 0.05) is 11.1 Å². The first-order valence-corrected chi connectivity index (χ1v) is 5.34. The SMILES string of the molecule is Clc1cccc(NCc2cncs2)n1. The fraction of sp³-hybridized carbons (Fsp3) is 0.111. The Morgan fingerprint density at radius 1 is 1.43 bits per heavy atom. The predicted octanol–water partition coefficient (Wildman–Crippen LogP) is 2.80. The summed E-state index contributed by atoms with van der Waals surface area (Å²) in [5, 5.41) is 3.66. The van der Waals surface area contributed by atoms with E-state index in [1.165, 1.54) is 4.88 Å². The van der Waals surface area contributed by atoms with Gasteiger partial charge in [0.25, 0.3) is 0 Å². The highest BCUT2D eigenvalue weighted by Gasteiger charge is 1.96. The third-order valence-corrected chi connectivity index (χ3v) is 2.63. The van der Waals surface area contributed by atoms with Crippen LogP contribution in [0.25, 0.3) is 0 Å². The first-order chi connectivity index (χ1) is 6.84.